The van der Waals surface area contributed by atoms with Gasteiger partial charge in [-0.15, -0.1) is 0 Å². The highest BCUT2D eigenvalue weighted by Crippen LogP contribution is 2.28. The second-order valence-corrected chi connectivity index (χ2v) is 7.03. The van der Waals surface area contributed by atoms with Crippen molar-refractivity contribution in [1.82, 2.24) is 0 Å². The van der Waals surface area contributed by atoms with Crippen molar-refractivity contribution in [3.05, 3.63) is 59.7 Å². The summed E-state index contributed by atoms with van der Waals surface area (Å²) < 4.78 is 0. The molecule has 0 aliphatic carbocycles. The van der Waals surface area contributed by atoms with E-state index in [0.29, 0.717) is 6.04 Å². The molecule has 1 aliphatic heterocycles. The van der Waals surface area contributed by atoms with Crippen molar-refractivity contribution in [2.24, 2.45) is 10.3 Å². The molecule has 0 aromatic heterocycles. The quantitative estimate of drug-likeness (QED) is 0.409. The lowest BCUT2D eigenvalue weighted by atomic mass is 10.1. The summed E-state index contributed by atoms with van der Waals surface area (Å²) in [5, 5.41) is 23.5. The topological polar surface area (TPSA) is 71.7 Å². The minimum atomic E-state index is 0.534. The highest BCUT2D eigenvalue weighted by molar-refractivity contribution is 5.80. The standard InChI is InChI=1S/C22H28N4O2/c1-2-25(20-9-5-18(6-10-20)16-23-27)15-13-21-4-3-14-26(21)22-11-7-19(8-12-22)17-24-28/h5-12,16-17,21,27-28H,2-4,13-15H2,1H3/b23-16+,24-17+. The Morgan fingerprint density at radius 3 is 2.18 bits per heavy atom. The van der Waals surface area contributed by atoms with Gasteiger partial charge in [-0.05, 0) is 61.6 Å². The summed E-state index contributed by atoms with van der Waals surface area (Å²) in [6.07, 6.45) is 6.42. The van der Waals surface area contributed by atoms with E-state index in [9.17, 15) is 0 Å². The van der Waals surface area contributed by atoms with Crippen LogP contribution in [0.1, 0.15) is 37.3 Å². The summed E-state index contributed by atoms with van der Waals surface area (Å²) in [6.45, 7) is 5.21. The number of benzene rings is 2. The Kier molecular flexibility index (Phi) is 6.89. The second-order valence-electron chi connectivity index (χ2n) is 7.03. The van der Waals surface area contributed by atoms with E-state index in [-0.39, 0.29) is 0 Å². The van der Waals surface area contributed by atoms with Gasteiger partial charge in [0.15, 0.2) is 0 Å². The van der Waals surface area contributed by atoms with Crippen molar-refractivity contribution in [2.45, 2.75) is 32.2 Å². The van der Waals surface area contributed by atoms with E-state index in [1.54, 1.807) is 0 Å². The van der Waals surface area contributed by atoms with Gasteiger partial charge in [-0.2, -0.15) is 0 Å². The fourth-order valence-electron chi connectivity index (χ4n) is 3.91. The molecule has 1 saturated heterocycles. The molecule has 6 heteroatoms. The fraction of sp³-hybridized carbons (Fsp3) is 0.364. The molecule has 0 radical (unpaired) electrons. The first-order chi connectivity index (χ1) is 13.7. The van der Waals surface area contributed by atoms with Gasteiger partial charge in [-0.3, -0.25) is 0 Å². The normalized spacial score (nSPS) is 17.0. The Morgan fingerprint density at radius 2 is 1.61 bits per heavy atom. The molecule has 6 nitrogen and oxygen atoms in total. The lowest BCUT2D eigenvalue weighted by molar-refractivity contribution is 0.321. The van der Waals surface area contributed by atoms with Gasteiger partial charge in [0.05, 0.1) is 12.4 Å². The predicted octanol–water partition coefficient (Wildman–Crippen LogP) is 4.19. The zero-order chi connectivity index (χ0) is 19.8. The molecule has 0 bridgehead atoms. The van der Waals surface area contributed by atoms with E-state index in [2.05, 4.69) is 51.3 Å². The van der Waals surface area contributed by atoms with Crippen molar-refractivity contribution >= 4 is 23.8 Å². The molecule has 2 aromatic carbocycles. The molecule has 1 heterocycles. The number of oxime groups is 2. The lowest BCUT2D eigenvalue weighted by Crippen LogP contribution is -2.34. The third-order valence-corrected chi connectivity index (χ3v) is 5.39. The molecule has 1 fully saturated rings. The van der Waals surface area contributed by atoms with Crippen LogP contribution in [-0.2, 0) is 0 Å². The van der Waals surface area contributed by atoms with Crippen LogP contribution in [-0.4, -0.2) is 48.5 Å². The zero-order valence-corrected chi connectivity index (χ0v) is 16.3. The lowest BCUT2D eigenvalue weighted by Gasteiger charge is -2.30. The molecule has 0 amide bonds. The van der Waals surface area contributed by atoms with Gasteiger partial charge >= 0.3 is 0 Å². The monoisotopic (exact) mass is 380 g/mol. The molecule has 2 aromatic rings. The molecule has 2 N–H and O–H groups in total. The van der Waals surface area contributed by atoms with E-state index in [4.69, 9.17) is 10.4 Å². The number of nitrogens with zero attached hydrogens (tertiary/aromatic N) is 4. The first-order valence-electron chi connectivity index (χ1n) is 9.81. The van der Waals surface area contributed by atoms with Crippen molar-refractivity contribution < 1.29 is 10.4 Å². The van der Waals surface area contributed by atoms with Gasteiger partial charge in [0, 0.05) is 37.1 Å². The summed E-state index contributed by atoms with van der Waals surface area (Å²) in [5.41, 5.74) is 4.20. The van der Waals surface area contributed by atoms with Crippen LogP contribution in [0.3, 0.4) is 0 Å². The van der Waals surface area contributed by atoms with Gasteiger partial charge < -0.3 is 20.2 Å². The Hall–Kier alpha value is -3.02. The molecular formula is C22H28N4O2. The van der Waals surface area contributed by atoms with Crippen LogP contribution >= 0.6 is 0 Å². The molecule has 3 rings (SSSR count). The van der Waals surface area contributed by atoms with Gasteiger partial charge in [0.1, 0.15) is 0 Å². The largest absolute Gasteiger partial charge is 0.411 e. The summed E-state index contributed by atoms with van der Waals surface area (Å²) in [4.78, 5) is 4.88. The average molecular weight is 380 g/mol. The van der Waals surface area contributed by atoms with Gasteiger partial charge in [-0.1, -0.05) is 34.6 Å². The van der Waals surface area contributed by atoms with E-state index in [1.165, 1.54) is 36.6 Å². The van der Waals surface area contributed by atoms with Gasteiger partial charge in [0.2, 0.25) is 0 Å². The van der Waals surface area contributed by atoms with E-state index in [1.807, 2.05) is 24.3 Å². The molecule has 0 spiro atoms. The van der Waals surface area contributed by atoms with Crippen molar-refractivity contribution in [1.29, 1.82) is 0 Å². The predicted molar refractivity (Wildman–Crippen MR) is 115 cm³/mol. The van der Waals surface area contributed by atoms with Crippen LogP contribution in [0, 0.1) is 0 Å². The Morgan fingerprint density at radius 1 is 1.00 bits per heavy atom. The zero-order valence-electron chi connectivity index (χ0n) is 16.3. The van der Waals surface area contributed by atoms with Crippen LogP contribution in [0.25, 0.3) is 0 Å². The summed E-state index contributed by atoms with van der Waals surface area (Å²) in [7, 11) is 0. The molecule has 148 valence electrons. The third-order valence-electron chi connectivity index (χ3n) is 5.39. The maximum Gasteiger partial charge on any atom is 0.0733 e. The summed E-state index contributed by atoms with van der Waals surface area (Å²) >= 11 is 0. The van der Waals surface area contributed by atoms with Crippen LogP contribution in [0.2, 0.25) is 0 Å². The molecular weight excluding hydrogens is 352 g/mol. The van der Waals surface area contributed by atoms with Crippen LogP contribution in [0.15, 0.2) is 58.8 Å². The molecule has 1 unspecified atom stereocenters. The second kappa shape index (κ2) is 9.78. The van der Waals surface area contributed by atoms with Crippen LogP contribution in [0.5, 0.6) is 0 Å². The Balaban J connectivity index is 1.62. The molecule has 1 aliphatic rings. The SMILES string of the molecule is CCN(CCC1CCCN1c1ccc(/C=N/O)cc1)c1ccc(/C=N/O)cc1. The van der Waals surface area contributed by atoms with Gasteiger partial charge in [-0.25, -0.2) is 0 Å². The van der Waals surface area contributed by atoms with Crippen LogP contribution in [0.4, 0.5) is 11.4 Å². The van der Waals surface area contributed by atoms with E-state index >= 15 is 0 Å². The smallest absolute Gasteiger partial charge is 0.0733 e. The molecule has 28 heavy (non-hydrogen) atoms. The Bertz CT molecular complexity index is 787. The number of hydrogen-bond donors (Lipinski definition) is 2. The molecule has 0 saturated carbocycles. The van der Waals surface area contributed by atoms with E-state index < -0.39 is 0 Å². The van der Waals surface area contributed by atoms with Crippen molar-refractivity contribution in [3.8, 4) is 0 Å². The highest BCUT2D eigenvalue weighted by Gasteiger charge is 2.25. The minimum absolute atomic E-state index is 0.534. The number of rotatable bonds is 8. The van der Waals surface area contributed by atoms with Crippen LogP contribution < -0.4 is 9.80 Å². The minimum Gasteiger partial charge on any atom is -0.411 e. The third kappa shape index (κ3) is 4.82. The van der Waals surface area contributed by atoms with E-state index in [0.717, 1.165) is 37.2 Å². The number of anilines is 2. The van der Waals surface area contributed by atoms with Gasteiger partial charge in [0.25, 0.3) is 0 Å². The average Bonchev–Trinajstić information content (AvgIpc) is 3.19. The van der Waals surface area contributed by atoms with Crippen molar-refractivity contribution in [3.63, 3.8) is 0 Å². The fourth-order valence-corrected chi connectivity index (χ4v) is 3.91. The summed E-state index contributed by atoms with van der Waals surface area (Å²) in [5.74, 6) is 0. The highest BCUT2D eigenvalue weighted by atomic mass is 16.4. The Labute approximate surface area is 166 Å². The number of hydrogen-bond acceptors (Lipinski definition) is 6. The first kappa shape index (κ1) is 19.7. The maximum atomic E-state index is 8.66. The summed E-state index contributed by atoms with van der Waals surface area (Å²) in [6, 6.07) is 16.8. The molecule has 1 atom stereocenters. The first-order valence-corrected chi connectivity index (χ1v) is 9.81. The van der Waals surface area contributed by atoms with Crippen molar-refractivity contribution in [2.75, 3.05) is 29.4 Å². The maximum absolute atomic E-state index is 8.66.